The Balaban J connectivity index is 1.51. The van der Waals surface area contributed by atoms with Crippen LogP contribution >= 0.6 is 0 Å². The Labute approximate surface area is 164 Å². The first-order valence-corrected chi connectivity index (χ1v) is 9.78. The Bertz CT molecular complexity index is 693. The van der Waals surface area contributed by atoms with Gasteiger partial charge in [0.1, 0.15) is 11.9 Å². The van der Waals surface area contributed by atoms with E-state index in [1.807, 2.05) is 18.7 Å². The summed E-state index contributed by atoms with van der Waals surface area (Å²) in [5, 5.41) is 12.0. The molecule has 0 spiro atoms. The van der Waals surface area contributed by atoms with Crippen molar-refractivity contribution < 1.29 is 23.8 Å². The van der Waals surface area contributed by atoms with Crippen LogP contribution in [0.1, 0.15) is 38.4 Å². The van der Waals surface area contributed by atoms with E-state index in [1.54, 1.807) is 17.0 Å². The highest BCUT2D eigenvalue weighted by Gasteiger charge is 2.36. The number of hydrogen-bond acceptors (Lipinski definition) is 4. The molecular formula is C20H28FN3O4. The molecule has 1 aromatic carbocycles. The van der Waals surface area contributed by atoms with Crippen molar-refractivity contribution >= 4 is 12.0 Å². The fourth-order valence-corrected chi connectivity index (χ4v) is 3.92. The first kappa shape index (κ1) is 20.5. The number of carboxylic acid groups (broad SMARTS) is 1. The molecule has 8 heteroatoms. The SMILES string of the molecule is CCN(CC(=O)O)C1CC(NC(=O)N2CC(C)OC(c3ccc(F)cc3)C2)C1. The summed E-state index contributed by atoms with van der Waals surface area (Å²) in [6, 6.07) is 6.29. The number of morpholine rings is 1. The normalized spacial score (nSPS) is 27.4. The van der Waals surface area contributed by atoms with Gasteiger partial charge in [-0.25, -0.2) is 9.18 Å². The molecule has 3 rings (SSSR count). The van der Waals surface area contributed by atoms with E-state index < -0.39 is 5.97 Å². The highest BCUT2D eigenvalue weighted by molar-refractivity contribution is 5.75. The quantitative estimate of drug-likeness (QED) is 0.775. The summed E-state index contributed by atoms with van der Waals surface area (Å²) in [6.45, 7) is 5.48. The molecule has 0 radical (unpaired) electrons. The van der Waals surface area contributed by atoms with Crippen LogP contribution in [-0.4, -0.2) is 71.3 Å². The van der Waals surface area contributed by atoms with Crippen molar-refractivity contribution in [1.82, 2.24) is 15.1 Å². The van der Waals surface area contributed by atoms with Gasteiger partial charge in [0.25, 0.3) is 0 Å². The maximum absolute atomic E-state index is 13.2. The fraction of sp³-hybridized carbons (Fsp3) is 0.600. The standard InChI is InChI=1S/C20H28FN3O4/c1-3-23(12-19(25)26)17-8-16(9-17)22-20(27)24-10-13(2)28-18(11-24)14-4-6-15(21)7-5-14/h4-7,13,16-18H,3,8-12H2,1-2H3,(H,22,27)(H,25,26). The van der Waals surface area contributed by atoms with Gasteiger partial charge in [0.2, 0.25) is 0 Å². The molecule has 2 atom stereocenters. The van der Waals surface area contributed by atoms with Crippen molar-refractivity contribution in [3.05, 3.63) is 35.6 Å². The van der Waals surface area contributed by atoms with Crippen LogP contribution in [0, 0.1) is 5.82 Å². The summed E-state index contributed by atoms with van der Waals surface area (Å²) < 4.78 is 19.1. The van der Waals surface area contributed by atoms with Gasteiger partial charge in [0.15, 0.2) is 0 Å². The fourth-order valence-electron chi connectivity index (χ4n) is 3.92. The topological polar surface area (TPSA) is 82.1 Å². The minimum absolute atomic E-state index is 0.0299. The molecular weight excluding hydrogens is 365 g/mol. The summed E-state index contributed by atoms with van der Waals surface area (Å²) in [6.07, 6.45) is 1.12. The summed E-state index contributed by atoms with van der Waals surface area (Å²) in [5.74, 6) is -1.13. The molecule has 1 aliphatic heterocycles. The van der Waals surface area contributed by atoms with Crippen LogP contribution in [0.4, 0.5) is 9.18 Å². The molecule has 1 saturated carbocycles. The maximum atomic E-state index is 13.2. The molecule has 2 aliphatic rings. The molecule has 0 aromatic heterocycles. The number of ether oxygens (including phenoxy) is 1. The van der Waals surface area contributed by atoms with E-state index in [9.17, 15) is 14.0 Å². The minimum Gasteiger partial charge on any atom is -0.480 e. The van der Waals surface area contributed by atoms with Gasteiger partial charge in [-0.15, -0.1) is 0 Å². The van der Waals surface area contributed by atoms with Gasteiger partial charge in [-0.05, 0) is 44.0 Å². The molecule has 28 heavy (non-hydrogen) atoms. The van der Waals surface area contributed by atoms with Crippen molar-refractivity contribution in [3.63, 3.8) is 0 Å². The van der Waals surface area contributed by atoms with Crippen LogP contribution < -0.4 is 5.32 Å². The third-order valence-corrected chi connectivity index (χ3v) is 5.49. The van der Waals surface area contributed by atoms with E-state index >= 15 is 0 Å². The number of aliphatic carboxylic acids is 1. The molecule has 2 fully saturated rings. The van der Waals surface area contributed by atoms with Gasteiger partial charge in [-0.2, -0.15) is 0 Å². The summed E-state index contributed by atoms with van der Waals surface area (Å²) in [4.78, 5) is 27.3. The average Bonchev–Trinajstić information content (AvgIpc) is 2.62. The molecule has 0 bridgehead atoms. The van der Waals surface area contributed by atoms with Crippen molar-refractivity contribution in [2.75, 3.05) is 26.2 Å². The van der Waals surface area contributed by atoms with E-state index in [4.69, 9.17) is 9.84 Å². The predicted octanol–water partition coefficient (Wildman–Crippen LogP) is 2.23. The van der Waals surface area contributed by atoms with Crippen LogP contribution in [0.5, 0.6) is 0 Å². The molecule has 154 valence electrons. The highest BCUT2D eigenvalue weighted by atomic mass is 19.1. The average molecular weight is 393 g/mol. The predicted molar refractivity (Wildman–Crippen MR) is 101 cm³/mol. The second kappa shape index (κ2) is 8.87. The zero-order chi connectivity index (χ0) is 20.3. The third-order valence-electron chi connectivity index (χ3n) is 5.49. The Kier molecular flexibility index (Phi) is 6.51. The Morgan fingerprint density at radius 2 is 1.96 bits per heavy atom. The Morgan fingerprint density at radius 1 is 1.29 bits per heavy atom. The van der Waals surface area contributed by atoms with Crippen molar-refractivity contribution in [3.8, 4) is 0 Å². The number of halogens is 1. The number of carbonyl (C=O) groups excluding carboxylic acids is 1. The van der Waals surface area contributed by atoms with Crippen molar-refractivity contribution in [2.45, 2.75) is 51.0 Å². The highest BCUT2D eigenvalue weighted by Crippen LogP contribution is 2.28. The summed E-state index contributed by atoms with van der Waals surface area (Å²) >= 11 is 0. The van der Waals surface area contributed by atoms with E-state index in [-0.39, 0.29) is 42.7 Å². The Morgan fingerprint density at radius 3 is 2.57 bits per heavy atom. The van der Waals surface area contributed by atoms with Crippen LogP contribution in [0.2, 0.25) is 0 Å². The number of carbonyl (C=O) groups is 2. The number of nitrogens with one attached hydrogen (secondary N) is 1. The van der Waals surface area contributed by atoms with Gasteiger partial charge in [0.05, 0.1) is 19.2 Å². The number of urea groups is 1. The largest absolute Gasteiger partial charge is 0.480 e. The minimum atomic E-state index is -0.830. The van der Waals surface area contributed by atoms with Gasteiger partial charge in [0, 0.05) is 18.6 Å². The zero-order valence-corrected chi connectivity index (χ0v) is 16.3. The number of likely N-dealkylation sites (N-methyl/N-ethyl adjacent to an activating group) is 1. The first-order valence-electron chi connectivity index (χ1n) is 9.78. The number of rotatable bonds is 6. The molecule has 1 saturated heterocycles. The Hall–Kier alpha value is -2.19. The first-order chi connectivity index (χ1) is 13.4. The van der Waals surface area contributed by atoms with Gasteiger partial charge in [-0.1, -0.05) is 19.1 Å². The van der Waals surface area contributed by atoms with E-state index in [1.165, 1.54) is 12.1 Å². The van der Waals surface area contributed by atoms with E-state index in [0.29, 0.717) is 19.6 Å². The smallest absolute Gasteiger partial charge is 0.317 e. The summed E-state index contributed by atoms with van der Waals surface area (Å²) in [5.41, 5.74) is 0.849. The molecule has 2 N–H and O–H groups in total. The zero-order valence-electron chi connectivity index (χ0n) is 16.3. The lowest BCUT2D eigenvalue weighted by molar-refractivity contribution is -0.139. The number of amides is 2. The van der Waals surface area contributed by atoms with Crippen LogP contribution in [0.25, 0.3) is 0 Å². The van der Waals surface area contributed by atoms with Gasteiger partial charge in [-0.3, -0.25) is 9.69 Å². The van der Waals surface area contributed by atoms with Crippen molar-refractivity contribution in [1.29, 1.82) is 0 Å². The van der Waals surface area contributed by atoms with Crippen LogP contribution in [-0.2, 0) is 9.53 Å². The van der Waals surface area contributed by atoms with Crippen LogP contribution in [0.15, 0.2) is 24.3 Å². The number of carboxylic acids is 1. The monoisotopic (exact) mass is 393 g/mol. The molecule has 2 unspecified atom stereocenters. The summed E-state index contributed by atoms with van der Waals surface area (Å²) in [7, 11) is 0. The molecule has 1 heterocycles. The lowest BCUT2D eigenvalue weighted by Crippen LogP contribution is -2.58. The molecule has 7 nitrogen and oxygen atoms in total. The van der Waals surface area contributed by atoms with Gasteiger partial charge < -0.3 is 20.1 Å². The van der Waals surface area contributed by atoms with Crippen molar-refractivity contribution in [2.24, 2.45) is 0 Å². The number of hydrogen-bond donors (Lipinski definition) is 2. The molecule has 1 aromatic rings. The maximum Gasteiger partial charge on any atom is 0.317 e. The number of benzene rings is 1. The second-order valence-corrected chi connectivity index (χ2v) is 7.62. The van der Waals surface area contributed by atoms with E-state index in [2.05, 4.69) is 5.32 Å². The molecule has 1 aliphatic carbocycles. The van der Waals surface area contributed by atoms with Gasteiger partial charge >= 0.3 is 12.0 Å². The molecule has 2 amide bonds. The third kappa shape index (κ3) is 4.99. The lowest BCUT2D eigenvalue weighted by Gasteiger charge is -2.44. The van der Waals surface area contributed by atoms with Crippen LogP contribution in [0.3, 0.4) is 0 Å². The van der Waals surface area contributed by atoms with E-state index in [0.717, 1.165) is 18.4 Å². The lowest BCUT2D eigenvalue weighted by atomic mass is 9.85. The second-order valence-electron chi connectivity index (χ2n) is 7.62. The number of nitrogens with zero attached hydrogens (tertiary/aromatic N) is 2.